The van der Waals surface area contributed by atoms with Crippen molar-refractivity contribution in [1.82, 2.24) is 16.0 Å². The number of amides is 1. The van der Waals surface area contributed by atoms with Gasteiger partial charge in [0.25, 0.3) is 5.91 Å². The summed E-state index contributed by atoms with van der Waals surface area (Å²) >= 11 is 0. The molecule has 7 heteroatoms. The molecule has 6 nitrogen and oxygen atoms in total. The van der Waals surface area contributed by atoms with Crippen molar-refractivity contribution in [3.63, 3.8) is 0 Å². The highest BCUT2D eigenvalue weighted by Crippen LogP contribution is 2.12. The highest BCUT2D eigenvalue weighted by atomic mass is 127. The molecule has 0 heterocycles. The summed E-state index contributed by atoms with van der Waals surface area (Å²) in [6.45, 7) is 9.14. The van der Waals surface area contributed by atoms with Gasteiger partial charge in [-0.25, -0.2) is 0 Å². The Morgan fingerprint density at radius 3 is 2.56 bits per heavy atom. The van der Waals surface area contributed by atoms with Crippen LogP contribution in [0.2, 0.25) is 0 Å². The number of benzene rings is 1. The Hall–Kier alpha value is -1.51. The van der Waals surface area contributed by atoms with Crippen molar-refractivity contribution in [2.24, 2.45) is 10.9 Å². The molecule has 0 saturated carbocycles. The predicted molar refractivity (Wildman–Crippen MR) is 114 cm³/mol. The number of guanidine groups is 1. The molecule has 0 spiro atoms. The van der Waals surface area contributed by atoms with E-state index in [1.54, 1.807) is 25.3 Å². The minimum Gasteiger partial charge on any atom is -0.497 e. The van der Waals surface area contributed by atoms with E-state index in [2.05, 4.69) is 34.8 Å². The first-order valence-electron chi connectivity index (χ1n) is 8.51. The second-order valence-corrected chi connectivity index (χ2v) is 5.86. The number of aliphatic imine (C=N–C) groups is 1. The van der Waals surface area contributed by atoms with Gasteiger partial charge in [-0.3, -0.25) is 9.79 Å². The Morgan fingerprint density at radius 2 is 1.92 bits per heavy atom. The fourth-order valence-electron chi connectivity index (χ4n) is 2.00. The molecule has 0 fully saturated rings. The molecule has 0 aliphatic rings. The molecule has 0 aromatic heterocycles. The minimum atomic E-state index is -0.113. The number of hydrogen-bond donors (Lipinski definition) is 3. The van der Waals surface area contributed by atoms with Crippen molar-refractivity contribution in [3.8, 4) is 5.75 Å². The maximum Gasteiger partial charge on any atom is 0.251 e. The number of carbonyl (C=O) groups is 1. The Bertz CT molecular complexity index is 536. The summed E-state index contributed by atoms with van der Waals surface area (Å²) in [5, 5.41) is 9.31. The fraction of sp³-hybridized carbons (Fsp3) is 0.556. The zero-order valence-corrected chi connectivity index (χ0v) is 17.9. The number of ether oxygens (including phenoxy) is 1. The van der Waals surface area contributed by atoms with Crippen LogP contribution < -0.4 is 20.7 Å². The lowest BCUT2D eigenvalue weighted by Crippen LogP contribution is -2.41. The summed E-state index contributed by atoms with van der Waals surface area (Å²) in [6, 6.07) is 7.11. The van der Waals surface area contributed by atoms with E-state index < -0.39 is 0 Å². The first kappa shape index (κ1) is 23.5. The summed E-state index contributed by atoms with van der Waals surface area (Å²) in [7, 11) is 1.59. The van der Waals surface area contributed by atoms with Crippen LogP contribution in [0.25, 0.3) is 0 Å². The summed E-state index contributed by atoms with van der Waals surface area (Å²) in [6.07, 6.45) is 1.06. The van der Waals surface area contributed by atoms with Crippen LogP contribution in [0, 0.1) is 5.92 Å². The van der Waals surface area contributed by atoms with Crippen molar-refractivity contribution in [2.45, 2.75) is 27.2 Å². The summed E-state index contributed by atoms with van der Waals surface area (Å²) in [5.41, 5.74) is 0.590. The molecule has 1 aromatic rings. The normalized spacial score (nSPS) is 10.8. The quantitative estimate of drug-likeness (QED) is 0.228. The van der Waals surface area contributed by atoms with Crippen LogP contribution in [-0.2, 0) is 0 Å². The van der Waals surface area contributed by atoms with Crippen LogP contribution >= 0.6 is 24.0 Å². The number of nitrogens with one attached hydrogen (secondary N) is 3. The zero-order chi connectivity index (χ0) is 17.8. The Labute approximate surface area is 168 Å². The molecule has 0 aliphatic carbocycles. The zero-order valence-electron chi connectivity index (χ0n) is 15.6. The van der Waals surface area contributed by atoms with E-state index in [0.717, 1.165) is 25.5 Å². The number of methoxy groups -OCH3 is 1. The van der Waals surface area contributed by atoms with Crippen LogP contribution in [0.5, 0.6) is 5.75 Å². The largest absolute Gasteiger partial charge is 0.497 e. The summed E-state index contributed by atoms with van der Waals surface area (Å²) < 4.78 is 5.13. The van der Waals surface area contributed by atoms with Crippen LogP contribution in [-0.4, -0.2) is 45.2 Å². The van der Waals surface area contributed by atoms with Crippen molar-refractivity contribution in [3.05, 3.63) is 29.8 Å². The lowest BCUT2D eigenvalue weighted by atomic mass is 10.1. The molecule has 0 aliphatic heterocycles. The summed E-state index contributed by atoms with van der Waals surface area (Å²) in [5.74, 6) is 1.98. The van der Waals surface area contributed by atoms with Crippen LogP contribution in [0.3, 0.4) is 0 Å². The molecule has 142 valence electrons. The fourth-order valence-corrected chi connectivity index (χ4v) is 2.00. The lowest BCUT2D eigenvalue weighted by Gasteiger charge is -2.12. The number of rotatable bonds is 9. The number of nitrogens with zero attached hydrogens (tertiary/aromatic N) is 1. The van der Waals surface area contributed by atoms with E-state index in [1.165, 1.54) is 0 Å². The number of halogens is 1. The van der Waals surface area contributed by atoms with Crippen LogP contribution in [0.1, 0.15) is 37.6 Å². The maximum absolute atomic E-state index is 12.1. The minimum absolute atomic E-state index is 0. The van der Waals surface area contributed by atoms with Gasteiger partial charge in [-0.2, -0.15) is 0 Å². The summed E-state index contributed by atoms with van der Waals surface area (Å²) in [4.78, 5) is 16.6. The van der Waals surface area contributed by atoms with Crippen LogP contribution in [0.4, 0.5) is 0 Å². The Kier molecular flexibility index (Phi) is 12.9. The van der Waals surface area contributed by atoms with E-state index in [1.807, 2.05) is 13.0 Å². The third kappa shape index (κ3) is 10.2. The number of hydrogen-bond acceptors (Lipinski definition) is 3. The van der Waals surface area contributed by atoms with E-state index >= 15 is 0 Å². The third-order valence-corrected chi connectivity index (χ3v) is 3.36. The van der Waals surface area contributed by atoms with Gasteiger partial charge in [0.1, 0.15) is 5.75 Å². The highest BCUT2D eigenvalue weighted by molar-refractivity contribution is 14.0. The van der Waals surface area contributed by atoms with Gasteiger partial charge in [0.15, 0.2) is 5.96 Å². The van der Waals surface area contributed by atoms with Crippen LogP contribution in [0.15, 0.2) is 29.3 Å². The third-order valence-electron chi connectivity index (χ3n) is 3.36. The van der Waals surface area contributed by atoms with Gasteiger partial charge in [0.2, 0.25) is 0 Å². The first-order valence-corrected chi connectivity index (χ1v) is 8.51. The van der Waals surface area contributed by atoms with Crippen molar-refractivity contribution < 1.29 is 9.53 Å². The van der Waals surface area contributed by atoms with Crippen molar-refractivity contribution >= 4 is 35.8 Å². The Morgan fingerprint density at radius 1 is 1.20 bits per heavy atom. The molecule has 1 amide bonds. The molecule has 3 N–H and O–H groups in total. The SMILES string of the molecule is CCNC(=NCCC(C)C)NCCNC(=O)c1cccc(OC)c1.I. The van der Waals surface area contributed by atoms with Gasteiger partial charge in [-0.15, -0.1) is 24.0 Å². The topological polar surface area (TPSA) is 74.8 Å². The van der Waals surface area contributed by atoms with Gasteiger partial charge in [0.05, 0.1) is 7.11 Å². The molecule has 0 radical (unpaired) electrons. The standard InChI is InChI=1S/C18H30N4O2.HI/c1-5-19-18(21-10-9-14(2)3)22-12-11-20-17(23)15-7-6-8-16(13-15)24-4;/h6-8,13-14H,5,9-12H2,1-4H3,(H,20,23)(H2,19,21,22);1H. The molecule has 0 unspecified atom stereocenters. The van der Waals surface area contributed by atoms with E-state index in [-0.39, 0.29) is 29.9 Å². The molecule has 1 rings (SSSR count). The molecule has 0 bridgehead atoms. The van der Waals surface area contributed by atoms with Gasteiger partial charge in [0, 0.05) is 31.7 Å². The lowest BCUT2D eigenvalue weighted by molar-refractivity contribution is 0.0954. The van der Waals surface area contributed by atoms with Gasteiger partial charge in [-0.1, -0.05) is 19.9 Å². The molecular formula is C18H31IN4O2. The molecule has 0 atom stereocenters. The van der Waals surface area contributed by atoms with Crippen molar-refractivity contribution in [1.29, 1.82) is 0 Å². The van der Waals surface area contributed by atoms with Gasteiger partial charge >= 0.3 is 0 Å². The van der Waals surface area contributed by atoms with E-state index in [0.29, 0.717) is 30.3 Å². The average molecular weight is 462 g/mol. The second-order valence-electron chi connectivity index (χ2n) is 5.86. The van der Waals surface area contributed by atoms with Crippen molar-refractivity contribution in [2.75, 3.05) is 33.3 Å². The molecule has 25 heavy (non-hydrogen) atoms. The highest BCUT2D eigenvalue weighted by Gasteiger charge is 2.06. The smallest absolute Gasteiger partial charge is 0.251 e. The van der Waals surface area contributed by atoms with Gasteiger partial charge < -0.3 is 20.7 Å². The first-order chi connectivity index (χ1) is 11.6. The van der Waals surface area contributed by atoms with E-state index in [4.69, 9.17) is 4.74 Å². The molecular weight excluding hydrogens is 431 g/mol. The number of carbonyl (C=O) groups excluding carboxylic acids is 1. The molecule has 0 saturated heterocycles. The maximum atomic E-state index is 12.1. The molecule has 1 aromatic carbocycles. The predicted octanol–water partition coefficient (Wildman–Crippen LogP) is 2.64. The van der Waals surface area contributed by atoms with E-state index in [9.17, 15) is 4.79 Å². The Balaban J connectivity index is 0.00000576. The monoisotopic (exact) mass is 462 g/mol. The van der Waals surface area contributed by atoms with Gasteiger partial charge in [-0.05, 0) is 37.5 Å². The second kappa shape index (κ2) is 13.7. The average Bonchev–Trinajstić information content (AvgIpc) is 2.58.